The molecule has 102 valence electrons. The number of hydrogen-bond donors (Lipinski definition) is 1. The minimum absolute atomic E-state index is 0.769. The minimum Gasteiger partial charge on any atom is -0.385 e. The smallest absolute Gasteiger partial charge is 0.202 e. The van der Waals surface area contributed by atoms with E-state index < -0.39 is 0 Å². The SMILES string of the molecule is COCCCNc1nccn1CCc1ccncc1. The van der Waals surface area contributed by atoms with Crippen molar-refractivity contribution < 1.29 is 4.74 Å². The van der Waals surface area contributed by atoms with Crippen molar-refractivity contribution in [3.05, 3.63) is 42.5 Å². The third-order valence-corrected chi connectivity index (χ3v) is 2.91. The highest BCUT2D eigenvalue weighted by Crippen LogP contribution is 2.07. The van der Waals surface area contributed by atoms with E-state index in [1.54, 1.807) is 7.11 Å². The van der Waals surface area contributed by atoms with Gasteiger partial charge in [-0.3, -0.25) is 4.98 Å². The quantitative estimate of drug-likeness (QED) is 0.737. The molecule has 0 aliphatic rings. The van der Waals surface area contributed by atoms with Crippen LogP contribution in [0.25, 0.3) is 0 Å². The molecule has 0 unspecified atom stereocenters. The number of aryl methyl sites for hydroxylation is 2. The van der Waals surface area contributed by atoms with Gasteiger partial charge in [-0.2, -0.15) is 0 Å². The van der Waals surface area contributed by atoms with Crippen molar-refractivity contribution in [1.29, 1.82) is 0 Å². The monoisotopic (exact) mass is 260 g/mol. The summed E-state index contributed by atoms with van der Waals surface area (Å²) in [5.74, 6) is 0.921. The van der Waals surface area contributed by atoms with Gasteiger partial charge in [0.2, 0.25) is 5.95 Å². The molecular formula is C14H20N4O. The lowest BCUT2D eigenvalue weighted by molar-refractivity contribution is 0.197. The van der Waals surface area contributed by atoms with Gasteiger partial charge in [0.25, 0.3) is 0 Å². The van der Waals surface area contributed by atoms with E-state index in [9.17, 15) is 0 Å². The zero-order valence-electron chi connectivity index (χ0n) is 11.2. The summed E-state index contributed by atoms with van der Waals surface area (Å²) < 4.78 is 7.16. The van der Waals surface area contributed by atoms with Gasteiger partial charge in [-0.15, -0.1) is 0 Å². The number of hydrogen-bond acceptors (Lipinski definition) is 4. The molecule has 1 N–H and O–H groups in total. The first-order valence-electron chi connectivity index (χ1n) is 6.53. The average Bonchev–Trinajstić information content (AvgIpc) is 2.90. The van der Waals surface area contributed by atoms with Gasteiger partial charge in [0.1, 0.15) is 0 Å². The summed E-state index contributed by atoms with van der Waals surface area (Å²) >= 11 is 0. The molecule has 0 amide bonds. The summed E-state index contributed by atoms with van der Waals surface area (Å²) in [6, 6.07) is 4.09. The van der Waals surface area contributed by atoms with Gasteiger partial charge < -0.3 is 14.6 Å². The lowest BCUT2D eigenvalue weighted by Gasteiger charge is -2.09. The summed E-state index contributed by atoms with van der Waals surface area (Å²) in [6.07, 6.45) is 9.44. The van der Waals surface area contributed by atoms with Crippen molar-refractivity contribution >= 4 is 5.95 Å². The van der Waals surface area contributed by atoms with Gasteiger partial charge in [-0.1, -0.05) is 0 Å². The number of nitrogens with zero attached hydrogens (tertiary/aromatic N) is 3. The normalized spacial score (nSPS) is 10.6. The molecule has 19 heavy (non-hydrogen) atoms. The topological polar surface area (TPSA) is 52.0 Å². The molecule has 0 saturated heterocycles. The fourth-order valence-electron chi connectivity index (χ4n) is 1.87. The lowest BCUT2D eigenvalue weighted by atomic mass is 10.2. The number of aromatic nitrogens is 3. The first-order chi connectivity index (χ1) is 9.40. The number of anilines is 1. The van der Waals surface area contributed by atoms with Crippen molar-refractivity contribution in [3.63, 3.8) is 0 Å². The Balaban J connectivity index is 1.82. The van der Waals surface area contributed by atoms with Crippen LogP contribution in [0.2, 0.25) is 0 Å². The van der Waals surface area contributed by atoms with Gasteiger partial charge in [-0.05, 0) is 30.5 Å². The van der Waals surface area contributed by atoms with E-state index in [1.165, 1.54) is 5.56 Å². The Hall–Kier alpha value is -1.88. The third-order valence-electron chi connectivity index (χ3n) is 2.91. The summed E-state index contributed by atoms with van der Waals surface area (Å²) in [6.45, 7) is 2.56. The van der Waals surface area contributed by atoms with E-state index in [1.807, 2.05) is 36.9 Å². The van der Waals surface area contributed by atoms with Crippen LogP contribution in [0.15, 0.2) is 36.9 Å². The highest BCUT2D eigenvalue weighted by molar-refractivity contribution is 5.25. The number of nitrogens with one attached hydrogen (secondary N) is 1. The maximum Gasteiger partial charge on any atom is 0.202 e. The van der Waals surface area contributed by atoms with E-state index in [0.717, 1.165) is 38.5 Å². The second-order valence-corrected chi connectivity index (χ2v) is 4.32. The molecule has 5 nitrogen and oxygen atoms in total. The average molecular weight is 260 g/mol. The second kappa shape index (κ2) is 7.53. The maximum absolute atomic E-state index is 5.02. The van der Waals surface area contributed by atoms with Gasteiger partial charge in [0, 0.05) is 51.6 Å². The second-order valence-electron chi connectivity index (χ2n) is 4.32. The third kappa shape index (κ3) is 4.37. The molecule has 0 atom stereocenters. The highest BCUT2D eigenvalue weighted by Gasteiger charge is 2.02. The Morgan fingerprint density at radius 2 is 2.11 bits per heavy atom. The van der Waals surface area contributed by atoms with E-state index in [2.05, 4.69) is 19.9 Å². The molecule has 0 aliphatic carbocycles. The van der Waals surface area contributed by atoms with Crippen LogP contribution in [0, 0.1) is 0 Å². The molecule has 0 aliphatic heterocycles. The lowest BCUT2D eigenvalue weighted by Crippen LogP contribution is -2.11. The summed E-state index contributed by atoms with van der Waals surface area (Å²) in [7, 11) is 1.72. The van der Waals surface area contributed by atoms with Crippen molar-refractivity contribution in [2.45, 2.75) is 19.4 Å². The molecule has 2 aromatic rings. The van der Waals surface area contributed by atoms with Crippen LogP contribution in [-0.4, -0.2) is 34.8 Å². The predicted octanol–water partition coefficient (Wildman–Crippen LogP) is 1.97. The van der Waals surface area contributed by atoms with Crippen LogP contribution in [0.1, 0.15) is 12.0 Å². The van der Waals surface area contributed by atoms with Crippen molar-refractivity contribution in [2.75, 3.05) is 25.6 Å². The van der Waals surface area contributed by atoms with Gasteiger partial charge in [-0.25, -0.2) is 4.98 Å². The molecule has 0 saturated carbocycles. The fourth-order valence-corrected chi connectivity index (χ4v) is 1.87. The van der Waals surface area contributed by atoms with Gasteiger partial charge in [0.05, 0.1) is 0 Å². The van der Waals surface area contributed by atoms with Crippen molar-refractivity contribution in [2.24, 2.45) is 0 Å². The molecule has 0 fully saturated rings. The molecule has 5 heteroatoms. The Morgan fingerprint density at radius 1 is 1.26 bits per heavy atom. The van der Waals surface area contributed by atoms with Crippen LogP contribution in [0.4, 0.5) is 5.95 Å². The molecule has 2 aromatic heterocycles. The number of imidazole rings is 1. The van der Waals surface area contributed by atoms with Crippen molar-refractivity contribution in [3.8, 4) is 0 Å². The molecular weight excluding hydrogens is 240 g/mol. The zero-order chi connectivity index (χ0) is 13.3. The number of pyridine rings is 1. The standard InChI is InChI=1S/C14H20N4O/c1-19-12-2-6-16-14-17-9-11-18(14)10-5-13-3-7-15-8-4-13/h3-4,7-9,11H,2,5-6,10,12H2,1H3,(H,16,17). The minimum atomic E-state index is 0.769. The first-order valence-corrected chi connectivity index (χ1v) is 6.53. The highest BCUT2D eigenvalue weighted by atomic mass is 16.5. The molecule has 0 spiro atoms. The predicted molar refractivity (Wildman–Crippen MR) is 75.2 cm³/mol. The summed E-state index contributed by atoms with van der Waals surface area (Å²) in [5, 5.41) is 3.32. The Labute approximate surface area is 113 Å². The van der Waals surface area contributed by atoms with Crippen LogP contribution >= 0.6 is 0 Å². The van der Waals surface area contributed by atoms with E-state index >= 15 is 0 Å². The maximum atomic E-state index is 5.02. The van der Waals surface area contributed by atoms with E-state index in [0.29, 0.717) is 0 Å². The van der Waals surface area contributed by atoms with Crippen LogP contribution < -0.4 is 5.32 Å². The Morgan fingerprint density at radius 3 is 2.89 bits per heavy atom. The largest absolute Gasteiger partial charge is 0.385 e. The molecule has 0 aromatic carbocycles. The van der Waals surface area contributed by atoms with E-state index in [4.69, 9.17) is 4.74 Å². The fraction of sp³-hybridized carbons (Fsp3) is 0.429. The molecule has 2 heterocycles. The van der Waals surface area contributed by atoms with Crippen LogP contribution in [0.3, 0.4) is 0 Å². The summed E-state index contributed by atoms with van der Waals surface area (Å²) in [4.78, 5) is 8.35. The van der Waals surface area contributed by atoms with Crippen LogP contribution in [-0.2, 0) is 17.7 Å². The van der Waals surface area contributed by atoms with Crippen LogP contribution in [0.5, 0.6) is 0 Å². The van der Waals surface area contributed by atoms with Crippen molar-refractivity contribution in [1.82, 2.24) is 14.5 Å². The number of methoxy groups -OCH3 is 1. The first kappa shape index (κ1) is 13.5. The molecule has 2 rings (SSSR count). The Kier molecular flexibility index (Phi) is 5.37. The molecule has 0 radical (unpaired) electrons. The van der Waals surface area contributed by atoms with Gasteiger partial charge in [0.15, 0.2) is 0 Å². The number of ether oxygens (including phenoxy) is 1. The zero-order valence-corrected chi connectivity index (χ0v) is 11.2. The number of rotatable bonds is 8. The Bertz CT molecular complexity index is 469. The summed E-state index contributed by atoms with van der Waals surface area (Å²) in [5.41, 5.74) is 1.29. The molecule has 0 bridgehead atoms. The van der Waals surface area contributed by atoms with Gasteiger partial charge >= 0.3 is 0 Å². The van der Waals surface area contributed by atoms with E-state index in [-0.39, 0.29) is 0 Å².